The fourth-order valence-corrected chi connectivity index (χ4v) is 7.68. The molecule has 3 amide bonds. The number of carbonyl (C=O) groups excluding carboxylic acids is 3. The number of nitrogens with one attached hydrogen (secondary N) is 4. The monoisotopic (exact) mass is 653 g/mol. The van der Waals surface area contributed by atoms with Gasteiger partial charge in [0.2, 0.25) is 11.8 Å². The van der Waals surface area contributed by atoms with Gasteiger partial charge in [0.15, 0.2) is 0 Å². The average molecular weight is 654 g/mol. The first-order chi connectivity index (χ1) is 23.1. The van der Waals surface area contributed by atoms with Crippen molar-refractivity contribution in [1.82, 2.24) is 35.7 Å². The van der Waals surface area contributed by atoms with Crippen molar-refractivity contribution in [2.75, 3.05) is 19.8 Å². The number of rotatable bonds is 10. The highest BCUT2D eigenvalue weighted by atomic mass is 16.5. The topological polar surface area (TPSA) is 152 Å². The van der Waals surface area contributed by atoms with Gasteiger partial charge in [-0.05, 0) is 68.4 Å². The lowest BCUT2D eigenvalue weighted by molar-refractivity contribution is -0.136. The minimum absolute atomic E-state index is 0.152. The van der Waals surface area contributed by atoms with E-state index in [2.05, 4.69) is 33.0 Å². The lowest BCUT2D eigenvalue weighted by atomic mass is 9.65. The Morgan fingerprint density at radius 2 is 1.92 bits per heavy atom. The van der Waals surface area contributed by atoms with E-state index in [1.165, 1.54) is 4.68 Å². The minimum Gasteiger partial charge on any atom is -0.490 e. The Kier molecular flexibility index (Phi) is 8.22. The van der Waals surface area contributed by atoms with Crippen LogP contribution in [0.15, 0.2) is 54.7 Å². The Morgan fingerprint density at radius 3 is 2.60 bits per heavy atom. The van der Waals surface area contributed by atoms with Gasteiger partial charge in [-0.3, -0.25) is 19.1 Å². The molecule has 4 heterocycles. The van der Waals surface area contributed by atoms with Gasteiger partial charge in [0.1, 0.15) is 29.4 Å². The number of imidazole rings is 1. The third-order valence-corrected chi connectivity index (χ3v) is 10.7. The summed E-state index contributed by atoms with van der Waals surface area (Å²) in [4.78, 5) is 49.5. The van der Waals surface area contributed by atoms with E-state index in [1.807, 2.05) is 56.3 Å². The standard InChI is InChI=1S/C36H43N7O5/c1-5-37-33(45)30(35(3)14-8-15-35)42-34(46)36(16-18-47-20-36)22-11-12-24-25(19-22)40-31(39-24)29(41-32(44)26-13-17-38-43(26)4)28-21(2)48-27-10-7-6-9-23(27)28/h6-7,9-13,17,19,21,28-30H,5,8,14-16,18,20H2,1-4H3,(H,37,45)(H,39,40)(H,41,44)(H,42,46)/t21?,28-,29+,30+,36?/m1/s1. The number of hydrogen-bond donors (Lipinski definition) is 4. The van der Waals surface area contributed by atoms with Crippen LogP contribution in [0.25, 0.3) is 11.0 Å². The van der Waals surface area contributed by atoms with Crippen LogP contribution < -0.4 is 20.7 Å². The molecule has 3 aliphatic rings. The highest BCUT2D eigenvalue weighted by Crippen LogP contribution is 2.46. The number of nitrogens with zero attached hydrogens (tertiary/aromatic N) is 3. The van der Waals surface area contributed by atoms with Gasteiger partial charge in [0.05, 0.1) is 35.0 Å². The average Bonchev–Trinajstić information content (AvgIpc) is 3.86. The van der Waals surface area contributed by atoms with E-state index in [9.17, 15) is 14.4 Å². The Labute approximate surface area is 279 Å². The van der Waals surface area contributed by atoms with E-state index in [0.717, 1.165) is 41.7 Å². The van der Waals surface area contributed by atoms with Crippen LogP contribution in [-0.2, 0) is 26.8 Å². The third-order valence-electron chi connectivity index (χ3n) is 10.7. The fraction of sp³-hybridized carbons (Fsp3) is 0.472. The molecule has 12 nitrogen and oxygen atoms in total. The van der Waals surface area contributed by atoms with E-state index in [4.69, 9.17) is 14.5 Å². The molecule has 7 rings (SSSR count). The normalized spacial score (nSPS) is 23.8. The number of aromatic amines is 1. The molecule has 2 aliphatic heterocycles. The second kappa shape index (κ2) is 12.4. The number of ether oxygens (including phenoxy) is 2. The smallest absolute Gasteiger partial charge is 0.270 e. The first-order valence-corrected chi connectivity index (χ1v) is 16.8. The summed E-state index contributed by atoms with van der Waals surface area (Å²) in [6.45, 7) is 7.08. The van der Waals surface area contributed by atoms with Gasteiger partial charge < -0.3 is 30.4 Å². The zero-order valence-corrected chi connectivity index (χ0v) is 27.8. The summed E-state index contributed by atoms with van der Waals surface area (Å²) in [5, 5.41) is 13.5. The van der Waals surface area contributed by atoms with Gasteiger partial charge in [-0.25, -0.2) is 4.98 Å². The van der Waals surface area contributed by atoms with E-state index < -0.39 is 17.5 Å². The second-order valence-corrected chi connectivity index (χ2v) is 13.7. The van der Waals surface area contributed by atoms with Crippen LogP contribution in [0, 0.1) is 5.41 Å². The van der Waals surface area contributed by atoms with Gasteiger partial charge in [-0.1, -0.05) is 37.6 Å². The zero-order chi connectivity index (χ0) is 33.6. The van der Waals surface area contributed by atoms with Gasteiger partial charge in [-0.15, -0.1) is 0 Å². The number of fused-ring (bicyclic) bond motifs is 2. The van der Waals surface area contributed by atoms with Crippen LogP contribution in [0.5, 0.6) is 5.75 Å². The van der Waals surface area contributed by atoms with Gasteiger partial charge in [0, 0.05) is 32.0 Å². The van der Waals surface area contributed by atoms with E-state index in [0.29, 0.717) is 36.6 Å². The maximum absolute atomic E-state index is 14.2. The van der Waals surface area contributed by atoms with Crippen molar-refractivity contribution in [3.05, 3.63) is 77.4 Å². The SMILES string of the molecule is CCNC(=O)[C@H](NC(=O)C1(c2ccc3[nH]c([C@@H](NC(=O)c4ccnn4C)[C@H]4c5ccccc5OC4C)nc3c2)CCOC1)C1(C)CCC1. The molecule has 252 valence electrons. The molecule has 1 saturated carbocycles. The number of amides is 3. The number of hydrogen-bond acceptors (Lipinski definition) is 7. The summed E-state index contributed by atoms with van der Waals surface area (Å²) in [5.74, 6) is 0.486. The Morgan fingerprint density at radius 1 is 1.10 bits per heavy atom. The van der Waals surface area contributed by atoms with Gasteiger partial charge in [0.25, 0.3) is 5.91 Å². The highest BCUT2D eigenvalue weighted by molar-refractivity contribution is 5.95. The van der Waals surface area contributed by atoms with E-state index in [-0.39, 0.29) is 41.8 Å². The summed E-state index contributed by atoms with van der Waals surface area (Å²) in [6, 6.07) is 14.1. The lowest BCUT2D eigenvalue weighted by Crippen LogP contribution is -2.61. The summed E-state index contributed by atoms with van der Waals surface area (Å²) < 4.78 is 13.6. The Balaban J connectivity index is 1.24. The first-order valence-electron chi connectivity index (χ1n) is 16.8. The summed E-state index contributed by atoms with van der Waals surface area (Å²) in [6.07, 6.45) is 4.64. The predicted octanol–water partition coefficient (Wildman–Crippen LogP) is 3.80. The first kappa shape index (κ1) is 31.9. The highest BCUT2D eigenvalue weighted by Gasteiger charge is 2.50. The molecule has 2 aromatic carbocycles. The predicted molar refractivity (Wildman–Crippen MR) is 178 cm³/mol. The van der Waals surface area contributed by atoms with Crippen molar-refractivity contribution in [2.45, 2.75) is 76.0 Å². The minimum atomic E-state index is -0.974. The Bertz CT molecular complexity index is 1850. The Hall–Kier alpha value is -4.71. The largest absolute Gasteiger partial charge is 0.490 e. The number of H-pyrrole nitrogens is 1. The number of aryl methyl sites for hydroxylation is 1. The molecule has 2 unspecified atom stereocenters. The van der Waals surface area contributed by atoms with E-state index in [1.54, 1.807) is 19.3 Å². The van der Waals surface area contributed by atoms with Crippen molar-refractivity contribution >= 4 is 28.8 Å². The van der Waals surface area contributed by atoms with Crippen molar-refractivity contribution in [3.63, 3.8) is 0 Å². The number of carbonyl (C=O) groups is 3. The second-order valence-electron chi connectivity index (χ2n) is 13.7. The molecule has 4 N–H and O–H groups in total. The molecule has 48 heavy (non-hydrogen) atoms. The molecule has 0 spiro atoms. The molecule has 12 heteroatoms. The van der Waals surface area contributed by atoms with Crippen LogP contribution in [-0.4, -0.2) is 69.4 Å². The number of para-hydroxylation sites is 1. The maximum Gasteiger partial charge on any atom is 0.270 e. The van der Waals surface area contributed by atoms with Crippen LogP contribution >= 0.6 is 0 Å². The lowest BCUT2D eigenvalue weighted by Gasteiger charge is -2.45. The van der Waals surface area contributed by atoms with Crippen LogP contribution in [0.3, 0.4) is 0 Å². The maximum atomic E-state index is 14.2. The van der Waals surface area contributed by atoms with Crippen LogP contribution in [0.4, 0.5) is 0 Å². The summed E-state index contributed by atoms with van der Waals surface area (Å²) in [7, 11) is 1.73. The summed E-state index contributed by atoms with van der Waals surface area (Å²) in [5.41, 5.74) is 2.35. The quantitative estimate of drug-likeness (QED) is 0.203. The van der Waals surface area contributed by atoms with Gasteiger partial charge >= 0.3 is 0 Å². The molecule has 2 fully saturated rings. The van der Waals surface area contributed by atoms with Crippen LogP contribution in [0.2, 0.25) is 0 Å². The van der Waals surface area contributed by atoms with Crippen LogP contribution in [0.1, 0.15) is 85.9 Å². The van der Waals surface area contributed by atoms with Gasteiger partial charge in [-0.2, -0.15) is 5.10 Å². The molecule has 5 atom stereocenters. The van der Waals surface area contributed by atoms with Crippen molar-refractivity contribution in [3.8, 4) is 5.75 Å². The molecule has 1 aliphatic carbocycles. The summed E-state index contributed by atoms with van der Waals surface area (Å²) >= 11 is 0. The molecule has 0 bridgehead atoms. The molecule has 2 aromatic heterocycles. The van der Waals surface area contributed by atoms with Crippen molar-refractivity contribution in [2.24, 2.45) is 12.5 Å². The molecule has 0 radical (unpaired) electrons. The number of benzene rings is 2. The fourth-order valence-electron chi connectivity index (χ4n) is 7.68. The molecule has 4 aromatic rings. The molecule has 1 saturated heterocycles. The van der Waals surface area contributed by atoms with E-state index >= 15 is 0 Å². The zero-order valence-electron chi connectivity index (χ0n) is 27.8. The molecular weight excluding hydrogens is 610 g/mol. The molecular formula is C36H43N7O5. The number of aromatic nitrogens is 4. The third kappa shape index (κ3) is 5.41. The van der Waals surface area contributed by atoms with Crippen molar-refractivity contribution in [1.29, 1.82) is 0 Å². The number of likely N-dealkylation sites (N-methyl/N-ethyl adjacent to an activating group) is 1. The van der Waals surface area contributed by atoms with Crippen molar-refractivity contribution < 1.29 is 23.9 Å².